The van der Waals surface area contributed by atoms with Gasteiger partial charge in [0, 0.05) is 0 Å². The second kappa shape index (κ2) is 10.6. The molecule has 0 atom stereocenters. The number of hydrogen-bond acceptors (Lipinski definition) is 3. The van der Waals surface area contributed by atoms with Crippen LogP contribution in [0.25, 0.3) is 12.2 Å². The molecule has 0 fully saturated rings. The van der Waals surface area contributed by atoms with Crippen LogP contribution in [0.1, 0.15) is 34.6 Å². The topological polar surface area (TPSA) is 52.0 Å². The van der Waals surface area contributed by atoms with E-state index in [0.717, 1.165) is 5.35 Å². The lowest BCUT2D eigenvalue weighted by atomic mass is 10.4. The molecule has 0 aliphatic heterocycles. The number of nitrogens with zero attached hydrogens (tertiary/aromatic N) is 1. The van der Waals surface area contributed by atoms with Gasteiger partial charge in [-0.3, -0.25) is 0 Å². The summed E-state index contributed by atoms with van der Waals surface area (Å²) >= 11 is 0. The van der Waals surface area contributed by atoms with Gasteiger partial charge in [0.2, 0.25) is 0 Å². The van der Waals surface area contributed by atoms with Crippen LogP contribution in [0.4, 0.5) is 6.01 Å². The molecular weight excluding hydrogens is 188 g/mol. The molecule has 0 bridgehead atoms. The van der Waals surface area contributed by atoms with Crippen molar-refractivity contribution in [2.45, 2.75) is 34.6 Å². The number of aromatic nitrogens is 1. The monoisotopic (exact) mass is 210 g/mol. The third-order valence-electron chi connectivity index (χ3n) is 1.24. The fourth-order valence-corrected chi connectivity index (χ4v) is 0.795. The van der Waals surface area contributed by atoms with E-state index >= 15 is 0 Å². The van der Waals surface area contributed by atoms with Gasteiger partial charge in [0.1, 0.15) is 5.35 Å². The molecule has 0 unspecified atom stereocenters. The van der Waals surface area contributed by atoms with Gasteiger partial charge in [0.05, 0.1) is 0 Å². The van der Waals surface area contributed by atoms with Crippen LogP contribution in [0, 0.1) is 0 Å². The summed E-state index contributed by atoms with van der Waals surface area (Å²) in [5, 5.41) is 0.752. The number of nitrogen functional groups attached to an aromatic ring is 1. The van der Waals surface area contributed by atoms with E-state index in [9.17, 15) is 0 Å². The smallest absolute Gasteiger partial charge is 0.292 e. The maximum atomic E-state index is 5.33. The van der Waals surface area contributed by atoms with Crippen molar-refractivity contribution in [3.63, 3.8) is 0 Å². The summed E-state index contributed by atoms with van der Waals surface area (Å²) in [5.41, 5.74) is 5.99. The molecule has 0 radical (unpaired) electrons. The average molecular weight is 210 g/mol. The first-order valence-corrected chi connectivity index (χ1v) is 5.29. The van der Waals surface area contributed by atoms with Crippen LogP contribution in [0.5, 0.6) is 0 Å². The van der Waals surface area contributed by atoms with Crippen molar-refractivity contribution in [3.8, 4) is 0 Å². The summed E-state index contributed by atoms with van der Waals surface area (Å²) in [4.78, 5) is 3.92. The van der Waals surface area contributed by atoms with E-state index in [4.69, 9.17) is 10.2 Å². The molecule has 0 spiro atoms. The number of anilines is 1. The van der Waals surface area contributed by atoms with Gasteiger partial charge in [-0.2, -0.15) is 4.98 Å². The Labute approximate surface area is 92.0 Å². The van der Waals surface area contributed by atoms with Crippen molar-refractivity contribution < 1.29 is 4.42 Å². The third kappa shape index (κ3) is 5.73. The summed E-state index contributed by atoms with van der Waals surface area (Å²) in [6, 6.07) is 0.186. The Bertz CT molecular complexity index is 363. The SMILES string of the molecule is C=C/C=c1/oc(N)n/c1=C/C.CC.CC. The molecule has 0 aliphatic rings. The summed E-state index contributed by atoms with van der Waals surface area (Å²) in [6.45, 7) is 13.4. The van der Waals surface area contributed by atoms with Crippen LogP contribution in [0.15, 0.2) is 17.1 Å². The Hall–Kier alpha value is -1.51. The minimum Gasteiger partial charge on any atom is -0.424 e. The van der Waals surface area contributed by atoms with Gasteiger partial charge in [-0.05, 0) is 13.0 Å². The molecule has 0 saturated heterocycles. The van der Waals surface area contributed by atoms with Gasteiger partial charge in [-0.15, -0.1) is 0 Å². The summed E-state index contributed by atoms with van der Waals surface area (Å²) in [7, 11) is 0. The molecule has 0 amide bonds. The first kappa shape index (κ1) is 15.9. The van der Waals surface area contributed by atoms with Gasteiger partial charge < -0.3 is 10.2 Å². The van der Waals surface area contributed by atoms with Crippen LogP contribution in [-0.4, -0.2) is 4.98 Å². The molecule has 15 heavy (non-hydrogen) atoms. The molecule has 1 aromatic heterocycles. The highest BCUT2D eigenvalue weighted by Gasteiger charge is 1.92. The van der Waals surface area contributed by atoms with Gasteiger partial charge in [0.15, 0.2) is 5.42 Å². The summed E-state index contributed by atoms with van der Waals surface area (Å²) < 4.78 is 5.05. The van der Waals surface area contributed by atoms with Crippen molar-refractivity contribution in [1.82, 2.24) is 4.98 Å². The molecule has 1 aromatic rings. The Kier molecular flexibility index (Phi) is 11.2. The Morgan fingerprint density at radius 2 is 1.80 bits per heavy atom. The van der Waals surface area contributed by atoms with Gasteiger partial charge in [-0.1, -0.05) is 46.4 Å². The van der Waals surface area contributed by atoms with Crippen LogP contribution in [-0.2, 0) is 0 Å². The van der Waals surface area contributed by atoms with E-state index in [0.29, 0.717) is 5.42 Å². The quantitative estimate of drug-likeness (QED) is 0.772. The van der Waals surface area contributed by atoms with Gasteiger partial charge >= 0.3 is 0 Å². The number of nitrogens with two attached hydrogens (primary N) is 1. The molecule has 0 aliphatic carbocycles. The largest absolute Gasteiger partial charge is 0.424 e. The highest BCUT2D eigenvalue weighted by atomic mass is 16.4. The minimum absolute atomic E-state index is 0.186. The maximum Gasteiger partial charge on any atom is 0.292 e. The Morgan fingerprint density at radius 3 is 2.20 bits per heavy atom. The standard InChI is InChI=1S/C8H10N2O.2C2H6/c1-3-5-7-6(4-2)10-8(9)11-7;2*1-2/h3-5H,1H2,2H3,(H2,9,10);2*1-2H3/b6-4+,7-5+;;. The zero-order chi connectivity index (χ0) is 12.3. The lowest BCUT2D eigenvalue weighted by Crippen LogP contribution is -2.20. The fourth-order valence-electron chi connectivity index (χ4n) is 0.795. The zero-order valence-electron chi connectivity index (χ0n) is 10.4. The lowest BCUT2D eigenvalue weighted by molar-refractivity contribution is 0.546. The predicted octanol–water partition coefficient (Wildman–Crippen LogP) is 2.08. The summed E-state index contributed by atoms with van der Waals surface area (Å²) in [6.07, 6.45) is 5.18. The molecule has 86 valence electrons. The van der Waals surface area contributed by atoms with E-state index < -0.39 is 0 Å². The van der Waals surface area contributed by atoms with Crippen LogP contribution in [0.2, 0.25) is 0 Å². The fraction of sp³-hybridized carbons (Fsp3) is 0.417. The molecule has 3 heteroatoms. The molecule has 1 rings (SSSR count). The van der Waals surface area contributed by atoms with Gasteiger partial charge in [0.25, 0.3) is 6.01 Å². The molecular formula is C12H22N2O. The Morgan fingerprint density at radius 1 is 1.27 bits per heavy atom. The van der Waals surface area contributed by atoms with E-state index in [-0.39, 0.29) is 6.01 Å². The predicted molar refractivity (Wildman–Crippen MR) is 67.7 cm³/mol. The van der Waals surface area contributed by atoms with E-state index in [1.54, 1.807) is 12.2 Å². The van der Waals surface area contributed by atoms with Crippen molar-refractivity contribution in [1.29, 1.82) is 0 Å². The van der Waals surface area contributed by atoms with E-state index in [1.165, 1.54) is 0 Å². The first-order valence-electron chi connectivity index (χ1n) is 5.29. The number of rotatable bonds is 1. The number of allylic oxidation sites excluding steroid dienone is 1. The highest BCUT2D eigenvalue weighted by Crippen LogP contribution is 1.82. The first-order chi connectivity index (χ1) is 7.27. The molecule has 0 saturated carbocycles. The second-order valence-electron chi connectivity index (χ2n) is 1.99. The molecule has 3 nitrogen and oxygen atoms in total. The van der Waals surface area contributed by atoms with Crippen LogP contribution in [0.3, 0.4) is 0 Å². The zero-order valence-corrected chi connectivity index (χ0v) is 10.4. The minimum atomic E-state index is 0.186. The summed E-state index contributed by atoms with van der Waals surface area (Å²) in [5.74, 6) is 0. The molecule has 0 aromatic carbocycles. The lowest BCUT2D eigenvalue weighted by Gasteiger charge is -1.72. The molecule has 1 heterocycles. The van der Waals surface area contributed by atoms with Crippen LogP contribution < -0.4 is 16.5 Å². The highest BCUT2D eigenvalue weighted by molar-refractivity contribution is 5.34. The maximum absolute atomic E-state index is 5.33. The van der Waals surface area contributed by atoms with E-state index in [1.807, 2.05) is 40.7 Å². The van der Waals surface area contributed by atoms with E-state index in [2.05, 4.69) is 11.6 Å². The second-order valence-corrected chi connectivity index (χ2v) is 1.99. The number of hydrogen-bond donors (Lipinski definition) is 1. The van der Waals surface area contributed by atoms with Crippen molar-refractivity contribution in [2.24, 2.45) is 0 Å². The normalized spacial score (nSPS) is 11.0. The van der Waals surface area contributed by atoms with Crippen molar-refractivity contribution in [3.05, 3.63) is 23.4 Å². The van der Waals surface area contributed by atoms with Crippen molar-refractivity contribution in [2.75, 3.05) is 5.73 Å². The average Bonchev–Trinajstić information content (AvgIpc) is 2.65. The van der Waals surface area contributed by atoms with Gasteiger partial charge in [-0.25, -0.2) is 0 Å². The van der Waals surface area contributed by atoms with Crippen LogP contribution >= 0.6 is 0 Å². The Balaban J connectivity index is 0. The third-order valence-corrected chi connectivity index (χ3v) is 1.24. The molecule has 2 N–H and O–H groups in total. The number of oxazole rings is 1. The van der Waals surface area contributed by atoms with Crippen molar-refractivity contribution >= 4 is 18.2 Å².